The number of aromatic nitrogens is 3. The minimum atomic E-state index is -0.994. The molecule has 0 aliphatic heterocycles. The quantitative estimate of drug-likeness (QED) is 0.613. The number of carboxylic acids is 1. The molecule has 0 amide bonds. The first-order valence-corrected chi connectivity index (χ1v) is 7.62. The van der Waals surface area contributed by atoms with Gasteiger partial charge < -0.3 is 14.2 Å². The Morgan fingerprint density at radius 1 is 0.960 bits per heavy atom. The maximum atomic E-state index is 11.1. The van der Waals surface area contributed by atoms with Crippen LogP contribution in [0.2, 0.25) is 0 Å². The van der Waals surface area contributed by atoms with E-state index >= 15 is 0 Å². The van der Waals surface area contributed by atoms with Crippen molar-refractivity contribution in [3.8, 4) is 28.5 Å². The third-order valence-corrected chi connectivity index (χ3v) is 3.81. The van der Waals surface area contributed by atoms with Crippen molar-refractivity contribution in [1.29, 1.82) is 0 Å². The van der Waals surface area contributed by atoms with Gasteiger partial charge in [0.05, 0.1) is 5.56 Å². The maximum Gasteiger partial charge on any atom is 0.335 e. The molecule has 4 aromatic rings. The Labute approximate surface area is 143 Å². The lowest BCUT2D eigenvalue weighted by molar-refractivity contribution is 0.0697. The van der Waals surface area contributed by atoms with E-state index in [1.165, 1.54) is 12.1 Å². The molecule has 2 aromatic carbocycles. The van der Waals surface area contributed by atoms with Gasteiger partial charge in [-0.15, -0.1) is 0 Å². The molecule has 0 radical (unpaired) electrons. The standard InChI is InChI=1S/C19H13N3O3/c23-19(24)15-5-3-4-14(12-15)17-20-18(25-21-17)13-6-8-16(9-7-13)22-10-1-2-11-22/h1-12H,(H,23,24). The van der Waals surface area contributed by atoms with Gasteiger partial charge in [0.1, 0.15) is 0 Å². The number of hydrogen-bond acceptors (Lipinski definition) is 4. The largest absolute Gasteiger partial charge is 0.478 e. The fraction of sp³-hybridized carbons (Fsp3) is 0. The molecule has 0 bridgehead atoms. The lowest BCUT2D eigenvalue weighted by Crippen LogP contribution is -1.96. The van der Waals surface area contributed by atoms with Crippen LogP contribution >= 0.6 is 0 Å². The maximum absolute atomic E-state index is 11.1. The third-order valence-electron chi connectivity index (χ3n) is 3.81. The first-order chi connectivity index (χ1) is 12.2. The monoisotopic (exact) mass is 331 g/mol. The molecule has 6 heteroatoms. The van der Waals surface area contributed by atoms with Crippen LogP contribution in [0.15, 0.2) is 77.6 Å². The minimum absolute atomic E-state index is 0.180. The van der Waals surface area contributed by atoms with Gasteiger partial charge in [0, 0.05) is 29.2 Å². The van der Waals surface area contributed by atoms with Crippen molar-refractivity contribution >= 4 is 5.97 Å². The Morgan fingerprint density at radius 3 is 2.44 bits per heavy atom. The molecule has 25 heavy (non-hydrogen) atoms. The van der Waals surface area contributed by atoms with Gasteiger partial charge >= 0.3 is 5.97 Å². The van der Waals surface area contributed by atoms with Crippen LogP contribution < -0.4 is 0 Å². The number of aromatic carboxylic acids is 1. The summed E-state index contributed by atoms with van der Waals surface area (Å²) in [6.45, 7) is 0. The SMILES string of the molecule is O=C(O)c1cccc(-c2noc(-c3ccc(-n4cccc4)cc3)n2)c1. The summed E-state index contributed by atoms with van der Waals surface area (Å²) in [6, 6.07) is 18.1. The second-order valence-electron chi connectivity index (χ2n) is 5.45. The first kappa shape index (κ1) is 14.9. The molecule has 0 unspecified atom stereocenters. The van der Waals surface area contributed by atoms with Gasteiger partial charge in [0.2, 0.25) is 5.82 Å². The van der Waals surface area contributed by atoms with E-state index in [9.17, 15) is 4.79 Å². The van der Waals surface area contributed by atoms with Crippen molar-refractivity contribution in [1.82, 2.24) is 14.7 Å². The highest BCUT2D eigenvalue weighted by Crippen LogP contribution is 2.24. The van der Waals surface area contributed by atoms with Crippen LogP contribution in [0.25, 0.3) is 28.5 Å². The van der Waals surface area contributed by atoms with Gasteiger partial charge in [0.25, 0.3) is 5.89 Å². The van der Waals surface area contributed by atoms with Gasteiger partial charge in [-0.1, -0.05) is 17.3 Å². The number of benzene rings is 2. The lowest BCUT2D eigenvalue weighted by atomic mass is 10.1. The molecule has 0 aliphatic rings. The highest BCUT2D eigenvalue weighted by atomic mass is 16.5. The van der Waals surface area contributed by atoms with Crippen LogP contribution in [-0.4, -0.2) is 25.8 Å². The molecule has 122 valence electrons. The molecule has 0 saturated carbocycles. The lowest BCUT2D eigenvalue weighted by Gasteiger charge is -2.02. The van der Waals surface area contributed by atoms with E-state index in [-0.39, 0.29) is 5.56 Å². The Kier molecular flexibility index (Phi) is 3.63. The second kappa shape index (κ2) is 6.09. The predicted molar refractivity (Wildman–Crippen MR) is 91.5 cm³/mol. The zero-order chi connectivity index (χ0) is 17.2. The smallest absolute Gasteiger partial charge is 0.335 e. The number of hydrogen-bond donors (Lipinski definition) is 1. The Morgan fingerprint density at radius 2 is 1.72 bits per heavy atom. The molecule has 0 atom stereocenters. The molecule has 4 rings (SSSR count). The Bertz CT molecular complexity index is 1020. The fourth-order valence-electron chi connectivity index (χ4n) is 2.53. The Hall–Kier alpha value is -3.67. The van der Waals surface area contributed by atoms with Crippen LogP contribution in [0.3, 0.4) is 0 Å². The number of rotatable bonds is 4. The zero-order valence-electron chi connectivity index (χ0n) is 13.0. The molecule has 0 spiro atoms. The summed E-state index contributed by atoms with van der Waals surface area (Å²) in [7, 11) is 0. The molecular weight excluding hydrogens is 318 g/mol. The van der Waals surface area contributed by atoms with E-state index in [0.717, 1.165) is 11.3 Å². The van der Waals surface area contributed by atoms with Crippen molar-refractivity contribution in [2.24, 2.45) is 0 Å². The molecule has 2 aromatic heterocycles. The summed E-state index contributed by atoms with van der Waals surface area (Å²) in [6.07, 6.45) is 3.94. The van der Waals surface area contributed by atoms with Gasteiger partial charge in [-0.25, -0.2) is 4.79 Å². The molecule has 6 nitrogen and oxygen atoms in total. The van der Waals surface area contributed by atoms with Crippen LogP contribution in [-0.2, 0) is 0 Å². The van der Waals surface area contributed by atoms with E-state index in [1.54, 1.807) is 12.1 Å². The highest BCUT2D eigenvalue weighted by molar-refractivity contribution is 5.89. The van der Waals surface area contributed by atoms with Crippen molar-refractivity contribution in [2.45, 2.75) is 0 Å². The molecular formula is C19H13N3O3. The van der Waals surface area contributed by atoms with E-state index in [2.05, 4.69) is 10.1 Å². The minimum Gasteiger partial charge on any atom is -0.478 e. The average molecular weight is 331 g/mol. The van der Waals surface area contributed by atoms with Gasteiger partial charge in [-0.2, -0.15) is 4.98 Å². The zero-order valence-corrected chi connectivity index (χ0v) is 13.0. The van der Waals surface area contributed by atoms with E-state index in [0.29, 0.717) is 17.3 Å². The highest BCUT2D eigenvalue weighted by Gasteiger charge is 2.12. The Balaban J connectivity index is 1.63. The first-order valence-electron chi connectivity index (χ1n) is 7.62. The molecule has 0 aliphatic carbocycles. The van der Waals surface area contributed by atoms with Gasteiger partial charge in [-0.3, -0.25) is 0 Å². The van der Waals surface area contributed by atoms with Gasteiger partial charge in [-0.05, 0) is 48.5 Å². The summed E-state index contributed by atoms with van der Waals surface area (Å²) >= 11 is 0. The van der Waals surface area contributed by atoms with Crippen molar-refractivity contribution in [3.05, 3.63) is 78.6 Å². The molecule has 1 N–H and O–H groups in total. The van der Waals surface area contributed by atoms with Crippen LogP contribution in [0.4, 0.5) is 0 Å². The summed E-state index contributed by atoms with van der Waals surface area (Å²) in [5.41, 5.74) is 2.60. The predicted octanol–water partition coefficient (Wildman–Crippen LogP) is 3.89. The van der Waals surface area contributed by atoms with Crippen LogP contribution in [0.5, 0.6) is 0 Å². The summed E-state index contributed by atoms with van der Waals surface area (Å²) in [5.74, 6) is -0.256. The van der Waals surface area contributed by atoms with Crippen LogP contribution in [0, 0.1) is 0 Å². The van der Waals surface area contributed by atoms with E-state index in [4.69, 9.17) is 9.63 Å². The number of carbonyl (C=O) groups is 1. The average Bonchev–Trinajstić information content (AvgIpc) is 3.34. The van der Waals surface area contributed by atoms with Crippen molar-refractivity contribution in [2.75, 3.05) is 0 Å². The molecule has 0 fully saturated rings. The number of carboxylic acid groups (broad SMARTS) is 1. The summed E-state index contributed by atoms with van der Waals surface area (Å²) in [5, 5.41) is 13.0. The van der Waals surface area contributed by atoms with Crippen molar-refractivity contribution < 1.29 is 14.4 Å². The fourth-order valence-corrected chi connectivity index (χ4v) is 2.53. The topological polar surface area (TPSA) is 81.1 Å². The third kappa shape index (κ3) is 2.92. The number of nitrogens with zero attached hydrogens (tertiary/aromatic N) is 3. The van der Waals surface area contributed by atoms with Crippen molar-refractivity contribution in [3.63, 3.8) is 0 Å². The normalized spacial score (nSPS) is 10.7. The van der Waals surface area contributed by atoms with Crippen LogP contribution in [0.1, 0.15) is 10.4 Å². The molecule has 2 heterocycles. The summed E-state index contributed by atoms with van der Waals surface area (Å²) in [4.78, 5) is 15.4. The van der Waals surface area contributed by atoms with E-state index in [1.807, 2.05) is 53.4 Å². The van der Waals surface area contributed by atoms with E-state index < -0.39 is 5.97 Å². The summed E-state index contributed by atoms with van der Waals surface area (Å²) < 4.78 is 7.32. The second-order valence-corrected chi connectivity index (χ2v) is 5.45. The molecule has 0 saturated heterocycles. The van der Waals surface area contributed by atoms with Gasteiger partial charge in [0.15, 0.2) is 0 Å².